The summed E-state index contributed by atoms with van der Waals surface area (Å²) >= 11 is 0. The Morgan fingerprint density at radius 3 is 1.75 bits per heavy atom. The highest BCUT2D eigenvalue weighted by Gasteiger charge is 1.76. The Bertz CT molecular complexity index is 47.8. The highest BCUT2D eigenvalue weighted by molar-refractivity contribution is 5.63. The maximum Gasteiger partial charge on any atom is 0.404 e. The molecule has 0 bridgehead atoms. The number of rotatable bonds is 0. The summed E-state index contributed by atoms with van der Waals surface area (Å²) in [6.45, 7) is 0. The number of nitrogens with one attached hydrogen (secondary N) is 1. The van der Waals surface area contributed by atoms with E-state index in [1.807, 2.05) is 5.32 Å². The van der Waals surface area contributed by atoms with E-state index in [-0.39, 0.29) is 5.48 Å². The number of hydrazine groups is 1. The molecule has 0 fully saturated rings. The fourth-order valence-electron chi connectivity index (χ4n) is 0. The summed E-state index contributed by atoms with van der Waals surface area (Å²) in [7, 11) is 1.35. The lowest BCUT2D eigenvalue weighted by atomic mass is 11.1. The van der Waals surface area contributed by atoms with Crippen molar-refractivity contribution in [2.75, 3.05) is 7.05 Å². The second-order valence-electron chi connectivity index (χ2n) is 0.555. The van der Waals surface area contributed by atoms with E-state index in [1.165, 1.54) is 7.05 Å². The molecule has 1 amide bonds. The second-order valence-corrected chi connectivity index (χ2v) is 0.555. The lowest BCUT2D eigenvalue weighted by molar-refractivity contribution is 0.197. The molecule has 0 aromatic heterocycles. The van der Waals surface area contributed by atoms with E-state index in [4.69, 9.17) is 5.11 Å². The number of carbonyl (C=O) groups is 1. The SMILES string of the molecule is CNC(=O)O.NN.O. The van der Waals surface area contributed by atoms with E-state index in [9.17, 15) is 4.79 Å². The highest BCUT2D eigenvalue weighted by atomic mass is 16.4. The Balaban J connectivity index is -0.0000000750. The van der Waals surface area contributed by atoms with Crippen molar-refractivity contribution in [1.29, 1.82) is 0 Å². The summed E-state index contributed by atoms with van der Waals surface area (Å²) in [6, 6.07) is 0. The molecular weight excluding hydrogens is 114 g/mol. The van der Waals surface area contributed by atoms with Gasteiger partial charge in [0.2, 0.25) is 0 Å². The van der Waals surface area contributed by atoms with Gasteiger partial charge < -0.3 is 15.9 Å². The van der Waals surface area contributed by atoms with Gasteiger partial charge in [0.15, 0.2) is 0 Å². The van der Waals surface area contributed by atoms with Gasteiger partial charge in [0.05, 0.1) is 0 Å². The van der Waals surface area contributed by atoms with Gasteiger partial charge in [-0.3, -0.25) is 11.7 Å². The molecule has 0 unspecified atom stereocenters. The molecule has 8 N–H and O–H groups in total. The normalized spacial score (nSPS) is 4.88. The quantitative estimate of drug-likeness (QED) is 0.217. The molecule has 0 spiro atoms. The minimum atomic E-state index is -0.995. The van der Waals surface area contributed by atoms with Crippen LogP contribution in [0.4, 0.5) is 4.79 Å². The molecule has 0 aromatic carbocycles. The first-order chi connectivity index (χ1) is 3.27. The number of hydrogen-bond acceptors (Lipinski definition) is 3. The molecule has 0 aromatic rings. The van der Waals surface area contributed by atoms with Gasteiger partial charge >= 0.3 is 6.09 Å². The van der Waals surface area contributed by atoms with Gasteiger partial charge in [-0.25, -0.2) is 4.79 Å². The van der Waals surface area contributed by atoms with Crippen molar-refractivity contribution in [2.45, 2.75) is 0 Å². The van der Waals surface area contributed by atoms with Crippen molar-refractivity contribution in [3.05, 3.63) is 0 Å². The van der Waals surface area contributed by atoms with Crippen molar-refractivity contribution < 1.29 is 15.4 Å². The molecular formula is C2H11N3O3. The Morgan fingerprint density at radius 1 is 1.62 bits per heavy atom. The fourth-order valence-corrected chi connectivity index (χ4v) is 0. The predicted molar refractivity (Wildman–Crippen MR) is 29.1 cm³/mol. The van der Waals surface area contributed by atoms with Crippen LogP contribution in [0.3, 0.4) is 0 Å². The first kappa shape index (κ1) is 15.7. The van der Waals surface area contributed by atoms with Crippen LogP contribution >= 0.6 is 0 Å². The van der Waals surface area contributed by atoms with E-state index in [1.54, 1.807) is 0 Å². The molecule has 6 heteroatoms. The summed E-state index contributed by atoms with van der Waals surface area (Å²) in [5, 5.41) is 9.56. The Kier molecular flexibility index (Phi) is 32.3. The van der Waals surface area contributed by atoms with Gasteiger partial charge in [0.25, 0.3) is 0 Å². The van der Waals surface area contributed by atoms with Gasteiger partial charge in [-0.2, -0.15) is 0 Å². The van der Waals surface area contributed by atoms with E-state index in [0.29, 0.717) is 0 Å². The van der Waals surface area contributed by atoms with Crippen molar-refractivity contribution in [3.8, 4) is 0 Å². The number of nitrogens with two attached hydrogens (primary N) is 2. The van der Waals surface area contributed by atoms with Gasteiger partial charge in [-0.1, -0.05) is 0 Å². The average molecular weight is 125 g/mol. The maximum atomic E-state index is 9.26. The van der Waals surface area contributed by atoms with Gasteiger partial charge in [-0.15, -0.1) is 0 Å². The Morgan fingerprint density at radius 2 is 1.75 bits per heavy atom. The maximum absolute atomic E-state index is 9.26. The van der Waals surface area contributed by atoms with Gasteiger partial charge in [0, 0.05) is 7.05 Å². The van der Waals surface area contributed by atoms with Crippen LogP contribution in [-0.2, 0) is 0 Å². The van der Waals surface area contributed by atoms with Crippen LogP contribution in [-0.4, -0.2) is 23.7 Å². The summed E-state index contributed by atoms with van der Waals surface area (Å²) in [4.78, 5) is 9.26. The molecule has 8 heavy (non-hydrogen) atoms. The lowest BCUT2D eigenvalue weighted by Gasteiger charge is -1.78. The monoisotopic (exact) mass is 125 g/mol. The van der Waals surface area contributed by atoms with Crippen molar-refractivity contribution in [2.24, 2.45) is 11.7 Å². The number of amides is 1. The predicted octanol–water partition coefficient (Wildman–Crippen LogP) is -2.12. The minimum absolute atomic E-state index is 0. The molecule has 0 rings (SSSR count). The second kappa shape index (κ2) is 16.4. The van der Waals surface area contributed by atoms with E-state index >= 15 is 0 Å². The summed E-state index contributed by atoms with van der Waals surface area (Å²) < 4.78 is 0. The van der Waals surface area contributed by atoms with Gasteiger partial charge in [-0.05, 0) is 0 Å². The molecule has 0 radical (unpaired) electrons. The zero-order valence-electron chi connectivity index (χ0n) is 4.51. The number of carboxylic acid groups (broad SMARTS) is 1. The van der Waals surface area contributed by atoms with Crippen LogP contribution in [0.25, 0.3) is 0 Å². The summed E-state index contributed by atoms with van der Waals surface area (Å²) in [5.41, 5.74) is 0. The molecule has 0 saturated heterocycles. The standard InChI is InChI=1S/C2H5NO2.H4N2.H2O/c1-3-2(4)5;1-2;/h3H,1H3,(H,4,5);1-2H2;1H2. The molecule has 6 nitrogen and oxygen atoms in total. The van der Waals surface area contributed by atoms with Crippen LogP contribution in [0, 0.1) is 0 Å². The van der Waals surface area contributed by atoms with E-state index in [2.05, 4.69) is 11.7 Å². The van der Waals surface area contributed by atoms with Crippen LogP contribution in [0.15, 0.2) is 0 Å². The largest absolute Gasteiger partial charge is 0.465 e. The van der Waals surface area contributed by atoms with E-state index in [0.717, 1.165) is 0 Å². The third-order valence-corrected chi connectivity index (χ3v) is 0.214. The van der Waals surface area contributed by atoms with Crippen LogP contribution in [0.2, 0.25) is 0 Å². The Hall–Kier alpha value is -0.850. The highest BCUT2D eigenvalue weighted by Crippen LogP contribution is 1.45. The molecule has 0 saturated carbocycles. The fraction of sp³-hybridized carbons (Fsp3) is 0.500. The molecule has 0 atom stereocenters. The molecule has 0 heterocycles. The van der Waals surface area contributed by atoms with Crippen LogP contribution < -0.4 is 17.0 Å². The molecule has 52 valence electrons. The van der Waals surface area contributed by atoms with E-state index < -0.39 is 6.09 Å². The summed E-state index contributed by atoms with van der Waals surface area (Å²) in [6.07, 6.45) is -0.995. The van der Waals surface area contributed by atoms with Gasteiger partial charge in [0.1, 0.15) is 0 Å². The minimum Gasteiger partial charge on any atom is -0.465 e. The van der Waals surface area contributed by atoms with Crippen molar-refractivity contribution >= 4 is 6.09 Å². The third kappa shape index (κ3) is 67.1. The average Bonchev–Trinajstić information content (AvgIpc) is 1.73. The zero-order valence-corrected chi connectivity index (χ0v) is 4.51. The van der Waals surface area contributed by atoms with Crippen LogP contribution in [0.5, 0.6) is 0 Å². The van der Waals surface area contributed by atoms with Crippen molar-refractivity contribution in [3.63, 3.8) is 0 Å². The van der Waals surface area contributed by atoms with Crippen molar-refractivity contribution in [1.82, 2.24) is 5.32 Å². The zero-order chi connectivity index (χ0) is 6.28. The topological polar surface area (TPSA) is 133 Å². The molecule has 0 aliphatic heterocycles. The first-order valence-electron chi connectivity index (χ1n) is 1.51. The molecule has 0 aliphatic carbocycles. The summed E-state index contributed by atoms with van der Waals surface area (Å²) in [5.74, 6) is 8.00. The lowest BCUT2D eigenvalue weighted by Crippen LogP contribution is -2.13. The number of hydrogen-bond donors (Lipinski definition) is 4. The Labute approximate surface area is 46.7 Å². The van der Waals surface area contributed by atoms with Crippen LogP contribution in [0.1, 0.15) is 0 Å². The first-order valence-corrected chi connectivity index (χ1v) is 1.51. The smallest absolute Gasteiger partial charge is 0.404 e. The third-order valence-electron chi connectivity index (χ3n) is 0.214. The molecule has 0 aliphatic rings.